The summed E-state index contributed by atoms with van der Waals surface area (Å²) in [7, 11) is -2.48. The zero-order valence-corrected chi connectivity index (χ0v) is 12.6. The van der Waals surface area contributed by atoms with Crippen LogP contribution in [0, 0.1) is 5.82 Å². The number of hydrogen-bond acceptors (Lipinski definition) is 3. The van der Waals surface area contributed by atoms with Gasteiger partial charge in [-0.2, -0.15) is 0 Å². The van der Waals surface area contributed by atoms with Crippen LogP contribution in [0.15, 0.2) is 53.4 Å². The average Bonchev–Trinajstić information content (AvgIpc) is 2.47. The van der Waals surface area contributed by atoms with Gasteiger partial charge in [-0.25, -0.2) is 12.8 Å². The molecular weight excluding hydrogens is 291 g/mol. The smallest absolute Gasteiger partial charge is 0.264 e. The summed E-state index contributed by atoms with van der Waals surface area (Å²) in [4.78, 5) is 0.0950. The van der Waals surface area contributed by atoms with E-state index in [1.165, 1.54) is 37.4 Å². The van der Waals surface area contributed by atoms with E-state index < -0.39 is 15.8 Å². The second kappa shape index (κ2) is 5.83. The number of para-hydroxylation sites is 1. The number of nitrogens with two attached hydrogens (primary N) is 1. The van der Waals surface area contributed by atoms with Gasteiger partial charge in [0.25, 0.3) is 10.0 Å². The van der Waals surface area contributed by atoms with E-state index in [0.29, 0.717) is 0 Å². The zero-order valence-electron chi connectivity index (χ0n) is 11.8. The molecule has 0 aromatic heterocycles. The van der Waals surface area contributed by atoms with Crippen molar-refractivity contribution in [3.8, 4) is 0 Å². The molecule has 0 heterocycles. The van der Waals surface area contributed by atoms with Crippen molar-refractivity contribution >= 4 is 15.7 Å². The molecule has 6 heteroatoms. The van der Waals surface area contributed by atoms with E-state index in [0.717, 1.165) is 9.87 Å². The minimum absolute atomic E-state index is 0.00812. The number of anilines is 1. The third-order valence-electron chi connectivity index (χ3n) is 3.26. The summed E-state index contributed by atoms with van der Waals surface area (Å²) in [6.45, 7) is 1.81. The van der Waals surface area contributed by atoms with Crippen molar-refractivity contribution in [2.24, 2.45) is 5.73 Å². The van der Waals surface area contributed by atoms with Gasteiger partial charge in [-0.15, -0.1) is 0 Å². The van der Waals surface area contributed by atoms with Crippen LogP contribution in [0.5, 0.6) is 0 Å². The number of rotatable bonds is 4. The van der Waals surface area contributed by atoms with Gasteiger partial charge in [-0.1, -0.05) is 24.3 Å². The van der Waals surface area contributed by atoms with Crippen molar-refractivity contribution in [2.75, 3.05) is 11.4 Å². The van der Waals surface area contributed by atoms with Crippen molar-refractivity contribution in [1.29, 1.82) is 0 Å². The first kappa shape index (κ1) is 15.5. The van der Waals surface area contributed by atoms with E-state index >= 15 is 0 Å². The van der Waals surface area contributed by atoms with Crippen molar-refractivity contribution in [1.82, 2.24) is 0 Å². The van der Waals surface area contributed by atoms with Crippen molar-refractivity contribution in [3.63, 3.8) is 0 Å². The maximum Gasteiger partial charge on any atom is 0.264 e. The molecule has 2 aromatic rings. The van der Waals surface area contributed by atoms with Gasteiger partial charge in [0.15, 0.2) is 0 Å². The number of sulfonamides is 1. The minimum atomic E-state index is -3.80. The molecule has 0 aliphatic heterocycles. The molecule has 112 valence electrons. The summed E-state index contributed by atoms with van der Waals surface area (Å²) in [5, 5.41) is 0. The predicted octanol–water partition coefficient (Wildman–Crippen LogP) is 2.67. The van der Waals surface area contributed by atoms with Gasteiger partial charge in [-0.3, -0.25) is 4.31 Å². The third kappa shape index (κ3) is 3.06. The van der Waals surface area contributed by atoms with Crippen LogP contribution >= 0.6 is 0 Å². The van der Waals surface area contributed by atoms with Gasteiger partial charge in [0.05, 0.1) is 10.6 Å². The van der Waals surface area contributed by atoms with E-state index in [2.05, 4.69) is 0 Å². The first-order chi connectivity index (χ1) is 9.84. The van der Waals surface area contributed by atoms with Gasteiger partial charge in [0.2, 0.25) is 0 Å². The van der Waals surface area contributed by atoms with Crippen molar-refractivity contribution < 1.29 is 12.8 Å². The Labute approximate surface area is 124 Å². The molecule has 0 radical (unpaired) electrons. The van der Waals surface area contributed by atoms with Crippen LogP contribution in [0.25, 0.3) is 0 Å². The highest BCUT2D eigenvalue weighted by atomic mass is 32.2. The van der Waals surface area contributed by atoms with E-state index in [1.807, 2.05) is 6.92 Å². The fourth-order valence-electron chi connectivity index (χ4n) is 1.94. The van der Waals surface area contributed by atoms with Crippen LogP contribution in [0.2, 0.25) is 0 Å². The summed E-state index contributed by atoms with van der Waals surface area (Å²) >= 11 is 0. The molecule has 0 aliphatic carbocycles. The molecule has 0 amide bonds. The third-order valence-corrected chi connectivity index (χ3v) is 5.04. The number of halogens is 1. The van der Waals surface area contributed by atoms with Gasteiger partial charge in [-0.05, 0) is 36.8 Å². The molecule has 21 heavy (non-hydrogen) atoms. The van der Waals surface area contributed by atoms with E-state index in [-0.39, 0.29) is 16.6 Å². The number of nitrogens with zero attached hydrogens (tertiary/aromatic N) is 1. The molecule has 0 bridgehead atoms. The topological polar surface area (TPSA) is 63.4 Å². The molecule has 2 aromatic carbocycles. The molecule has 1 unspecified atom stereocenters. The largest absolute Gasteiger partial charge is 0.324 e. The molecule has 0 fully saturated rings. The summed E-state index contributed by atoms with van der Waals surface area (Å²) in [6.07, 6.45) is 0. The van der Waals surface area contributed by atoms with Crippen LogP contribution < -0.4 is 10.0 Å². The number of hydrogen-bond donors (Lipinski definition) is 1. The minimum Gasteiger partial charge on any atom is -0.324 e. The Morgan fingerprint density at radius 2 is 1.67 bits per heavy atom. The average molecular weight is 308 g/mol. The van der Waals surface area contributed by atoms with Crippen LogP contribution in [0.1, 0.15) is 18.5 Å². The van der Waals surface area contributed by atoms with Crippen LogP contribution in [0.4, 0.5) is 10.1 Å². The second-order valence-corrected chi connectivity index (χ2v) is 6.75. The van der Waals surface area contributed by atoms with Gasteiger partial charge in [0.1, 0.15) is 5.82 Å². The second-order valence-electron chi connectivity index (χ2n) is 4.78. The van der Waals surface area contributed by atoms with Crippen LogP contribution in [-0.2, 0) is 10.0 Å². The fourth-order valence-corrected chi connectivity index (χ4v) is 3.14. The first-order valence-corrected chi connectivity index (χ1v) is 7.87. The van der Waals surface area contributed by atoms with Crippen molar-refractivity contribution in [2.45, 2.75) is 17.9 Å². The Morgan fingerprint density at radius 3 is 2.19 bits per heavy atom. The van der Waals surface area contributed by atoms with Gasteiger partial charge < -0.3 is 5.73 Å². The SMILES string of the molecule is CC(N)c1ccc(S(=O)(=O)N(C)c2ccccc2F)cc1. The maximum atomic E-state index is 13.7. The summed E-state index contributed by atoms with van der Waals surface area (Å²) < 4.78 is 39.7. The number of benzene rings is 2. The highest BCUT2D eigenvalue weighted by Gasteiger charge is 2.23. The highest BCUT2D eigenvalue weighted by Crippen LogP contribution is 2.25. The molecular formula is C15H17FN2O2S. The van der Waals surface area contributed by atoms with E-state index in [1.54, 1.807) is 18.2 Å². The Balaban J connectivity index is 2.40. The lowest BCUT2D eigenvalue weighted by molar-refractivity contribution is 0.589. The van der Waals surface area contributed by atoms with Gasteiger partial charge >= 0.3 is 0 Å². The summed E-state index contributed by atoms with van der Waals surface area (Å²) in [5.41, 5.74) is 6.58. The lowest BCUT2D eigenvalue weighted by atomic mass is 10.1. The highest BCUT2D eigenvalue weighted by molar-refractivity contribution is 7.92. The standard InChI is InChI=1S/C15H17FN2O2S/c1-11(17)12-7-9-13(10-8-12)21(19,20)18(2)15-6-4-3-5-14(15)16/h3-11H,17H2,1-2H3. The van der Waals surface area contributed by atoms with E-state index in [4.69, 9.17) is 5.73 Å². The Kier molecular flexibility index (Phi) is 4.29. The summed E-state index contributed by atoms with van der Waals surface area (Å²) in [5.74, 6) is -0.587. The molecule has 2 N–H and O–H groups in total. The molecule has 0 saturated carbocycles. The summed E-state index contributed by atoms with van der Waals surface area (Å²) in [6, 6.07) is 11.8. The Hall–Kier alpha value is -1.92. The Morgan fingerprint density at radius 1 is 1.10 bits per heavy atom. The fraction of sp³-hybridized carbons (Fsp3) is 0.200. The van der Waals surface area contributed by atoms with Gasteiger partial charge in [0, 0.05) is 13.1 Å². The quantitative estimate of drug-likeness (QED) is 0.944. The zero-order chi connectivity index (χ0) is 15.6. The molecule has 0 saturated heterocycles. The Bertz CT molecular complexity index is 728. The lowest BCUT2D eigenvalue weighted by Gasteiger charge is -2.20. The maximum absolute atomic E-state index is 13.7. The predicted molar refractivity (Wildman–Crippen MR) is 81.0 cm³/mol. The normalized spacial score (nSPS) is 13.0. The monoisotopic (exact) mass is 308 g/mol. The van der Waals surface area contributed by atoms with E-state index in [9.17, 15) is 12.8 Å². The first-order valence-electron chi connectivity index (χ1n) is 6.43. The lowest BCUT2D eigenvalue weighted by Crippen LogP contribution is -2.27. The molecule has 0 aliphatic rings. The van der Waals surface area contributed by atoms with Crippen LogP contribution in [0.3, 0.4) is 0 Å². The molecule has 4 nitrogen and oxygen atoms in total. The molecule has 2 rings (SSSR count). The van der Waals surface area contributed by atoms with Crippen LogP contribution in [-0.4, -0.2) is 15.5 Å². The molecule has 1 atom stereocenters. The van der Waals surface area contributed by atoms with Crippen molar-refractivity contribution in [3.05, 3.63) is 59.9 Å². The molecule has 0 spiro atoms.